The molecule has 3 aromatic carbocycles. The molecular weight excluding hydrogens is 412 g/mol. The molecule has 0 fully saturated rings. The van der Waals surface area contributed by atoms with Gasteiger partial charge in [0.25, 0.3) is 0 Å². The van der Waals surface area contributed by atoms with E-state index in [1.165, 1.54) is 23.9 Å². The molecule has 3 aromatic rings. The van der Waals surface area contributed by atoms with Gasteiger partial charge in [-0.3, -0.25) is 0 Å². The minimum atomic E-state index is -3.96. The number of allylic oxidation sites excluding steroid dienone is 1. The van der Waals surface area contributed by atoms with Crippen LogP contribution in [0, 0.1) is 25.2 Å². The van der Waals surface area contributed by atoms with E-state index in [4.69, 9.17) is 0 Å². The summed E-state index contributed by atoms with van der Waals surface area (Å²) in [7, 11) is -3.96. The van der Waals surface area contributed by atoms with E-state index >= 15 is 0 Å². The zero-order chi connectivity index (χ0) is 21.6. The van der Waals surface area contributed by atoms with Crippen molar-refractivity contribution in [1.29, 1.82) is 5.26 Å². The lowest BCUT2D eigenvalue weighted by Crippen LogP contribution is -2.10. The summed E-state index contributed by atoms with van der Waals surface area (Å²) in [5, 5.41) is 13.3. The van der Waals surface area contributed by atoms with Gasteiger partial charge in [0, 0.05) is 11.4 Å². The summed E-state index contributed by atoms with van der Waals surface area (Å²) in [5.41, 5.74) is 3.92. The largest absolute Gasteiger partial charge is 0.348 e. The Hall–Kier alpha value is -3.01. The first-order chi connectivity index (χ1) is 14.4. The average Bonchev–Trinajstić information content (AvgIpc) is 2.75. The van der Waals surface area contributed by atoms with Gasteiger partial charge in [-0.25, -0.2) is 8.42 Å². The molecule has 4 nitrogen and oxygen atoms in total. The van der Waals surface area contributed by atoms with Crippen molar-refractivity contribution in [3.63, 3.8) is 0 Å². The van der Waals surface area contributed by atoms with E-state index in [-0.39, 0.29) is 9.80 Å². The maximum atomic E-state index is 13.2. The van der Waals surface area contributed by atoms with Crippen molar-refractivity contribution in [3.05, 3.63) is 105 Å². The van der Waals surface area contributed by atoms with Crippen molar-refractivity contribution in [2.75, 3.05) is 5.32 Å². The number of anilines is 1. The Morgan fingerprint density at radius 1 is 0.933 bits per heavy atom. The molecule has 3 rings (SSSR count). The molecule has 0 aliphatic carbocycles. The number of para-hydroxylation sites is 1. The summed E-state index contributed by atoms with van der Waals surface area (Å²) in [4.78, 5) is -0.185. The third-order valence-electron chi connectivity index (χ3n) is 4.53. The third-order valence-corrected chi connectivity index (χ3v) is 7.45. The number of aryl methyl sites for hydroxylation is 2. The lowest BCUT2D eigenvalue weighted by molar-refractivity contribution is 0.603. The normalized spacial score (nSPS) is 12.0. The molecule has 0 heterocycles. The van der Waals surface area contributed by atoms with Gasteiger partial charge in [-0.1, -0.05) is 66.2 Å². The van der Waals surface area contributed by atoms with Gasteiger partial charge in [0.05, 0.1) is 4.90 Å². The number of nitriles is 1. The fraction of sp³-hybridized carbons (Fsp3) is 0.125. The average molecular weight is 435 g/mol. The summed E-state index contributed by atoms with van der Waals surface area (Å²) in [5.74, 6) is 0.532. The fourth-order valence-electron chi connectivity index (χ4n) is 2.78. The highest BCUT2D eigenvalue weighted by molar-refractivity contribution is 8.04. The minimum Gasteiger partial charge on any atom is -0.348 e. The summed E-state index contributed by atoms with van der Waals surface area (Å²) < 4.78 is 26.4. The molecule has 0 amide bonds. The van der Waals surface area contributed by atoms with Crippen LogP contribution in [0.3, 0.4) is 0 Å². The van der Waals surface area contributed by atoms with E-state index in [1.54, 1.807) is 18.2 Å². The molecule has 0 unspecified atom stereocenters. The molecule has 0 aliphatic heterocycles. The van der Waals surface area contributed by atoms with Gasteiger partial charge in [-0.15, -0.1) is 11.8 Å². The Kier molecular flexibility index (Phi) is 6.99. The zero-order valence-corrected chi connectivity index (χ0v) is 18.4. The molecule has 0 radical (unpaired) electrons. The van der Waals surface area contributed by atoms with Crippen molar-refractivity contribution >= 4 is 27.3 Å². The number of nitrogens with zero attached hydrogens (tertiary/aromatic N) is 1. The highest BCUT2D eigenvalue weighted by atomic mass is 32.2. The maximum absolute atomic E-state index is 13.2. The van der Waals surface area contributed by atoms with E-state index in [0.29, 0.717) is 10.8 Å². The Bertz CT molecular complexity index is 1190. The minimum absolute atomic E-state index is 0.0987. The van der Waals surface area contributed by atoms with Gasteiger partial charge in [-0.2, -0.15) is 5.26 Å². The third kappa shape index (κ3) is 5.12. The Balaban J connectivity index is 2.04. The predicted octanol–water partition coefficient (Wildman–Crippen LogP) is 5.82. The second kappa shape index (κ2) is 9.66. The molecule has 0 atom stereocenters. The number of benzene rings is 3. The van der Waals surface area contributed by atoms with E-state index in [0.717, 1.165) is 22.4 Å². The molecule has 6 heteroatoms. The van der Waals surface area contributed by atoms with Crippen molar-refractivity contribution in [2.45, 2.75) is 24.5 Å². The number of hydrogen-bond acceptors (Lipinski definition) is 5. The number of nitrogens with one attached hydrogen (secondary N) is 1. The topological polar surface area (TPSA) is 70.0 Å². The molecule has 1 N–H and O–H groups in total. The first kappa shape index (κ1) is 21.7. The maximum Gasteiger partial charge on any atom is 0.219 e. The monoisotopic (exact) mass is 434 g/mol. The molecule has 152 valence electrons. The molecule has 30 heavy (non-hydrogen) atoms. The Morgan fingerprint density at radius 2 is 1.57 bits per heavy atom. The van der Waals surface area contributed by atoms with Crippen LogP contribution in [0.4, 0.5) is 5.69 Å². The van der Waals surface area contributed by atoms with Crippen LogP contribution < -0.4 is 5.32 Å². The molecule has 0 saturated carbocycles. The Labute approximate surface area is 182 Å². The van der Waals surface area contributed by atoms with E-state index < -0.39 is 9.84 Å². The molecule has 0 aliphatic rings. The number of sulfone groups is 1. The first-order valence-corrected chi connectivity index (χ1v) is 11.8. The quantitative estimate of drug-likeness (QED) is 0.475. The lowest BCUT2D eigenvalue weighted by atomic mass is 10.2. The number of rotatable bonds is 7. The standard InChI is InChI=1S/C24H22N2O2S2/c1-18-12-14-20(15-13-18)17-29-24(26-22-11-7-6-8-19(22)2)23(16-25)30(27,28)21-9-4-3-5-10-21/h3-15,26H,17H2,1-2H3/b24-23+. The van der Waals surface area contributed by atoms with Crippen molar-refractivity contribution in [2.24, 2.45) is 0 Å². The van der Waals surface area contributed by atoms with E-state index in [9.17, 15) is 13.7 Å². The number of thioether (sulfide) groups is 1. The smallest absolute Gasteiger partial charge is 0.219 e. The molecular formula is C24H22N2O2S2. The molecule has 0 bridgehead atoms. The first-order valence-electron chi connectivity index (χ1n) is 9.37. The predicted molar refractivity (Wildman–Crippen MR) is 124 cm³/mol. The second-order valence-electron chi connectivity index (χ2n) is 6.80. The van der Waals surface area contributed by atoms with Crippen molar-refractivity contribution in [3.8, 4) is 6.07 Å². The van der Waals surface area contributed by atoms with Gasteiger partial charge in [0.1, 0.15) is 11.1 Å². The summed E-state index contributed by atoms with van der Waals surface area (Å²) in [6.07, 6.45) is 0. The van der Waals surface area contributed by atoms with Crippen LogP contribution in [-0.4, -0.2) is 8.42 Å². The van der Waals surface area contributed by atoms with E-state index in [1.807, 2.05) is 68.4 Å². The SMILES string of the molecule is Cc1ccc(CS/C(Nc2ccccc2C)=C(\C#N)S(=O)(=O)c2ccccc2)cc1. The molecule has 0 saturated heterocycles. The highest BCUT2D eigenvalue weighted by Gasteiger charge is 2.25. The van der Waals surface area contributed by atoms with Crippen LogP contribution in [0.1, 0.15) is 16.7 Å². The van der Waals surface area contributed by atoms with Gasteiger partial charge < -0.3 is 5.32 Å². The van der Waals surface area contributed by atoms with Gasteiger partial charge in [-0.05, 0) is 43.2 Å². The lowest BCUT2D eigenvalue weighted by Gasteiger charge is -2.15. The highest BCUT2D eigenvalue weighted by Crippen LogP contribution is 2.32. The molecule has 0 spiro atoms. The summed E-state index contributed by atoms with van der Waals surface area (Å²) >= 11 is 1.31. The van der Waals surface area contributed by atoms with Crippen LogP contribution in [0.15, 0.2) is 93.7 Å². The van der Waals surface area contributed by atoms with Crippen LogP contribution in [0.5, 0.6) is 0 Å². The zero-order valence-electron chi connectivity index (χ0n) is 16.8. The van der Waals surface area contributed by atoms with Gasteiger partial charge >= 0.3 is 0 Å². The fourth-order valence-corrected chi connectivity index (χ4v) is 5.32. The van der Waals surface area contributed by atoms with Crippen LogP contribution >= 0.6 is 11.8 Å². The van der Waals surface area contributed by atoms with Crippen LogP contribution in [0.2, 0.25) is 0 Å². The second-order valence-corrected chi connectivity index (χ2v) is 9.67. The van der Waals surface area contributed by atoms with Gasteiger partial charge in [0.2, 0.25) is 9.84 Å². The number of hydrogen-bond donors (Lipinski definition) is 1. The molecule has 0 aromatic heterocycles. The van der Waals surface area contributed by atoms with Crippen molar-refractivity contribution in [1.82, 2.24) is 0 Å². The van der Waals surface area contributed by atoms with Crippen LogP contribution in [0.25, 0.3) is 0 Å². The summed E-state index contributed by atoms with van der Waals surface area (Å²) in [6, 6.07) is 25.6. The van der Waals surface area contributed by atoms with Crippen molar-refractivity contribution < 1.29 is 8.42 Å². The van der Waals surface area contributed by atoms with Gasteiger partial charge in [0.15, 0.2) is 4.91 Å². The van der Waals surface area contributed by atoms with Crippen LogP contribution in [-0.2, 0) is 15.6 Å². The van der Waals surface area contributed by atoms with E-state index in [2.05, 4.69) is 5.32 Å². The Morgan fingerprint density at radius 3 is 2.20 bits per heavy atom. The summed E-state index contributed by atoms with van der Waals surface area (Å²) in [6.45, 7) is 3.95.